The minimum Gasteiger partial charge on any atom is -0.480 e. The molecule has 0 unspecified atom stereocenters. The third kappa shape index (κ3) is 9.43. The van der Waals surface area contributed by atoms with Crippen molar-refractivity contribution in [1.82, 2.24) is 5.32 Å². The Hall–Kier alpha value is -2.61. The van der Waals surface area contributed by atoms with Crippen molar-refractivity contribution in [3.63, 3.8) is 0 Å². The number of rotatable bonds is 6. The number of ether oxygens (including phenoxy) is 2. The monoisotopic (exact) mass is 408 g/mol. The summed E-state index contributed by atoms with van der Waals surface area (Å²) in [6, 6.07) is 8.03. The maximum atomic E-state index is 12.2. The Morgan fingerprint density at radius 3 is 2.21 bits per heavy atom. The van der Waals surface area contributed by atoms with Gasteiger partial charge >= 0.3 is 18.0 Å². The largest absolute Gasteiger partial charge is 0.480 e. The highest BCUT2D eigenvalue weighted by molar-refractivity contribution is 5.81. The number of methoxy groups -OCH3 is 1. The quantitative estimate of drug-likeness (QED) is 0.617. The zero-order valence-electron chi connectivity index (χ0n) is 17.3. The van der Waals surface area contributed by atoms with E-state index in [9.17, 15) is 14.4 Å². The Labute approximate surface area is 171 Å². The first kappa shape index (κ1) is 24.4. The van der Waals surface area contributed by atoms with E-state index in [-0.39, 0.29) is 0 Å². The lowest BCUT2D eigenvalue weighted by Gasteiger charge is -2.33. The van der Waals surface area contributed by atoms with Gasteiger partial charge in [0, 0.05) is 6.42 Å². The Kier molecular flexibility index (Phi) is 10.2. The number of hydrogen-bond acceptors (Lipinski definition) is 6. The third-order valence-corrected chi connectivity index (χ3v) is 4.70. The second kappa shape index (κ2) is 12.1. The van der Waals surface area contributed by atoms with Crippen LogP contribution in [-0.4, -0.2) is 47.9 Å². The zero-order chi connectivity index (χ0) is 21.9. The van der Waals surface area contributed by atoms with Crippen molar-refractivity contribution in [1.29, 1.82) is 0 Å². The van der Waals surface area contributed by atoms with Crippen LogP contribution in [0.1, 0.15) is 51.5 Å². The summed E-state index contributed by atoms with van der Waals surface area (Å²) in [6.45, 7) is 3.37. The zero-order valence-corrected chi connectivity index (χ0v) is 17.3. The van der Waals surface area contributed by atoms with Crippen molar-refractivity contribution in [2.45, 2.75) is 70.1 Å². The Balaban J connectivity index is 0.000000612. The molecule has 162 valence electrons. The fourth-order valence-corrected chi connectivity index (χ4v) is 2.98. The van der Waals surface area contributed by atoms with Crippen LogP contribution >= 0.6 is 0 Å². The SMILES string of the molecule is COC(=O)[C@H](Cc1ccccc1)NC(=O)OC1(C)CCCCC1.C[C@H](N)C(=O)O. The van der Waals surface area contributed by atoms with E-state index in [1.165, 1.54) is 20.5 Å². The molecule has 1 aromatic carbocycles. The summed E-state index contributed by atoms with van der Waals surface area (Å²) in [4.78, 5) is 33.7. The molecule has 8 nitrogen and oxygen atoms in total. The summed E-state index contributed by atoms with van der Waals surface area (Å²) in [5.74, 6) is -1.44. The van der Waals surface area contributed by atoms with Crippen LogP contribution in [0.4, 0.5) is 4.79 Å². The molecule has 1 amide bonds. The number of carboxylic acids is 1. The number of nitrogens with two attached hydrogens (primary N) is 1. The summed E-state index contributed by atoms with van der Waals surface area (Å²) < 4.78 is 10.4. The van der Waals surface area contributed by atoms with Crippen molar-refractivity contribution in [2.24, 2.45) is 5.73 Å². The normalized spacial score (nSPS) is 17.0. The topological polar surface area (TPSA) is 128 Å². The average Bonchev–Trinajstić information content (AvgIpc) is 2.68. The predicted octanol–water partition coefficient (Wildman–Crippen LogP) is 2.64. The minimum atomic E-state index is -0.963. The standard InChI is InChI=1S/C18H25NO4.C3H7NO2/c1-18(11-7-4-8-12-18)23-17(21)19-15(16(20)22-2)13-14-9-5-3-6-10-14;1-2(4)3(5)6/h3,5-6,9-10,15H,4,7-8,11-13H2,1-2H3,(H,19,21);2H,4H2,1H3,(H,5,6)/t15-;2-/m00/s1. The van der Waals surface area contributed by atoms with Gasteiger partial charge in [0.1, 0.15) is 17.7 Å². The van der Waals surface area contributed by atoms with E-state index in [4.69, 9.17) is 20.3 Å². The second-order valence-corrected chi connectivity index (χ2v) is 7.44. The first-order chi connectivity index (χ1) is 13.7. The number of nitrogens with one attached hydrogen (secondary N) is 1. The molecule has 0 saturated heterocycles. The highest BCUT2D eigenvalue weighted by Crippen LogP contribution is 2.31. The number of aliphatic carboxylic acids is 1. The Morgan fingerprint density at radius 2 is 1.72 bits per heavy atom. The molecule has 1 aliphatic rings. The number of alkyl carbamates (subject to hydrolysis) is 1. The molecule has 0 radical (unpaired) electrons. The van der Waals surface area contributed by atoms with Crippen LogP contribution in [0.2, 0.25) is 0 Å². The van der Waals surface area contributed by atoms with Crippen molar-refractivity contribution in [3.8, 4) is 0 Å². The summed E-state index contributed by atoms with van der Waals surface area (Å²) >= 11 is 0. The lowest BCUT2D eigenvalue weighted by Crippen LogP contribution is -2.46. The lowest BCUT2D eigenvalue weighted by molar-refractivity contribution is -0.143. The van der Waals surface area contributed by atoms with Gasteiger partial charge in [-0.2, -0.15) is 0 Å². The van der Waals surface area contributed by atoms with E-state index in [0.717, 1.165) is 31.2 Å². The van der Waals surface area contributed by atoms with E-state index in [2.05, 4.69) is 5.32 Å². The van der Waals surface area contributed by atoms with E-state index < -0.39 is 35.7 Å². The smallest absolute Gasteiger partial charge is 0.408 e. The molecule has 2 rings (SSSR count). The number of amides is 1. The number of esters is 1. The van der Waals surface area contributed by atoms with Gasteiger partial charge in [-0.25, -0.2) is 9.59 Å². The van der Waals surface area contributed by atoms with Crippen molar-refractivity contribution >= 4 is 18.0 Å². The summed E-state index contributed by atoms with van der Waals surface area (Å²) in [5.41, 5.74) is 5.35. The van der Waals surface area contributed by atoms with Gasteiger partial charge in [-0.1, -0.05) is 36.8 Å². The molecule has 8 heteroatoms. The van der Waals surface area contributed by atoms with Gasteiger partial charge in [0.2, 0.25) is 0 Å². The van der Waals surface area contributed by atoms with Gasteiger partial charge in [-0.3, -0.25) is 4.79 Å². The van der Waals surface area contributed by atoms with Crippen molar-refractivity contribution < 1.29 is 29.0 Å². The molecule has 1 aliphatic carbocycles. The van der Waals surface area contributed by atoms with Crippen LogP contribution in [-0.2, 0) is 25.5 Å². The molecule has 0 aliphatic heterocycles. The average molecular weight is 408 g/mol. The van der Waals surface area contributed by atoms with E-state index in [0.29, 0.717) is 6.42 Å². The van der Waals surface area contributed by atoms with E-state index in [1.54, 1.807) is 0 Å². The highest BCUT2D eigenvalue weighted by Gasteiger charge is 2.32. The van der Waals surface area contributed by atoms with Gasteiger partial charge in [-0.15, -0.1) is 0 Å². The van der Waals surface area contributed by atoms with Gasteiger partial charge in [0.15, 0.2) is 0 Å². The van der Waals surface area contributed by atoms with Gasteiger partial charge in [0.25, 0.3) is 0 Å². The molecule has 0 spiro atoms. The number of benzene rings is 1. The number of carbonyl (C=O) groups is 3. The number of carbonyl (C=O) groups excluding carboxylic acids is 2. The molecule has 1 fully saturated rings. The summed E-state index contributed by atoms with van der Waals surface area (Å²) in [5, 5.41) is 10.5. The van der Waals surface area contributed by atoms with E-state index in [1.807, 2.05) is 37.3 Å². The number of hydrogen-bond donors (Lipinski definition) is 3. The molecule has 29 heavy (non-hydrogen) atoms. The van der Waals surface area contributed by atoms with E-state index >= 15 is 0 Å². The van der Waals surface area contributed by atoms with Gasteiger partial charge in [0.05, 0.1) is 7.11 Å². The number of carboxylic acid groups (broad SMARTS) is 1. The summed E-state index contributed by atoms with van der Waals surface area (Å²) in [6.07, 6.45) is 4.85. The van der Waals surface area contributed by atoms with Crippen LogP contribution in [0.3, 0.4) is 0 Å². The van der Waals surface area contributed by atoms with Gasteiger partial charge < -0.3 is 25.6 Å². The Morgan fingerprint density at radius 1 is 1.17 bits per heavy atom. The van der Waals surface area contributed by atoms with Gasteiger partial charge in [-0.05, 0) is 45.1 Å². The maximum absolute atomic E-state index is 12.2. The first-order valence-corrected chi connectivity index (χ1v) is 9.76. The van der Waals surface area contributed by atoms with Crippen molar-refractivity contribution in [3.05, 3.63) is 35.9 Å². The molecule has 0 aromatic heterocycles. The first-order valence-electron chi connectivity index (χ1n) is 9.76. The van der Waals surface area contributed by atoms with Crippen LogP contribution in [0.25, 0.3) is 0 Å². The fraction of sp³-hybridized carbons (Fsp3) is 0.571. The lowest BCUT2D eigenvalue weighted by atomic mass is 9.86. The molecular weight excluding hydrogens is 376 g/mol. The molecule has 1 aromatic rings. The van der Waals surface area contributed by atoms with Crippen LogP contribution < -0.4 is 11.1 Å². The molecule has 1 saturated carbocycles. The second-order valence-electron chi connectivity index (χ2n) is 7.44. The Bertz CT molecular complexity index is 656. The van der Waals surface area contributed by atoms with Crippen LogP contribution in [0.15, 0.2) is 30.3 Å². The fourth-order valence-electron chi connectivity index (χ4n) is 2.98. The molecule has 4 N–H and O–H groups in total. The highest BCUT2D eigenvalue weighted by atomic mass is 16.6. The minimum absolute atomic E-state index is 0.374. The molecule has 0 heterocycles. The molecule has 2 atom stereocenters. The molecular formula is C21H32N2O6. The summed E-state index contributed by atoms with van der Waals surface area (Å²) in [7, 11) is 1.32. The van der Waals surface area contributed by atoms with Crippen molar-refractivity contribution in [2.75, 3.05) is 7.11 Å². The van der Waals surface area contributed by atoms with Crippen LogP contribution in [0.5, 0.6) is 0 Å². The molecule has 0 bridgehead atoms. The predicted molar refractivity (Wildman–Crippen MR) is 108 cm³/mol. The third-order valence-electron chi connectivity index (χ3n) is 4.70. The van der Waals surface area contributed by atoms with Crippen LogP contribution in [0, 0.1) is 0 Å². The maximum Gasteiger partial charge on any atom is 0.408 e.